The summed E-state index contributed by atoms with van der Waals surface area (Å²) < 4.78 is 9.02. The minimum absolute atomic E-state index is 0.0744. The van der Waals surface area contributed by atoms with Crippen molar-refractivity contribution in [3.8, 4) is 0 Å². The molecular formula is C10H17NO4. The molecule has 0 aromatic carbocycles. The Hall–Kier alpha value is -1.52. The van der Waals surface area contributed by atoms with Crippen LogP contribution in [0.15, 0.2) is 12.7 Å². The molecule has 0 saturated heterocycles. The molecule has 0 aromatic heterocycles. The molecule has 5 nitrogen and oxygen atoms in total. The summed E-state index contributed by atoms with van der Waals surface area (Å²) in [5.74, 6) is -0.889. The van der Waals surface area contributed by atoms with Gasteiger partial charge in [-0.1, -0.05) is 13.0 Å². The summed E-state index contributed by atoms with van der Waals surface area (Å²) in [6.45, 7) is 5.59. The van der Waals surface area contributed by atoms with Gasteiger partial charge in [0, 0.05) is 6.54 Å². The van der Waals surface area contributed by atoms with Crippen LogP contribution in [0.4, 0.5) is 4.79 Å². The number of alkyl carbamates (subject to hydrolysis) is 1. The van der Waals surface area contributed by atoms with Gasteiger partial charge in [-0.3, -0.25) is 4.79 Å². The van der Waals surface area contributed by atoms with Crippen LogP contribution in [0, 0.1) is 11.8 Å². The minimum Gasteiger partial charge on any atom is -0.469 e. The summed E-state index contributed by atoms with van der Waals surface area (Å²) in [6, 6.07) is 0. The summed E-state index contributed by atoms with van der Waals surface area (Å²) in [5.41, 5.74) is 0. The van der Waals surface area contributed by atoms with Crippen molar-refractivity contribution in [1.82, 2.24) is 5.32 Å². The number of esters is 1. The van der Waals surface area contributed by atoms with E-state index in [0.717, 1.165) is 0 Å². The molecular weight excluding hydrogens is 198 g/mol. The van der Waals surface area contributed by atoms with Crippen molar-refractivity contribution in [2.45, 2.75) is 6.92 Å². The number of carbonyl (C=O) groups is 2. The van der Waals surface area contributed by atoms with Gasteiger partial charge >= 0.3 is 12.1 Å². The summed E-state index contributed by atoms with van der Waals surface area (Å²) in [6.07, 6.45) is 1.07. The van der Waals surface area contributed by atoms with Crippen LogP contribution < -0.4 is 5.32 Å². The molecule has 2 atom stereocenters. The summed E-state index contributed by atoms with van der Waals surface area (Å²) in [4.78, 5) is 22.2. The van der Waals surface area contributed by atoms with Crippen LogP contribution in [0.25, 0.3) is 0 Å². The third-order valence-corrected chi connectivity index (χ3v) is 2.16. The van der Waals surface area contributed by atoms with Gasteiger partial charge in [-0.15, -0.1) is 6.58 Å². The van der Waals surface area contributed by atoms with Crippen molar-refractivity contribution in [2.75, 3.05) is 20.8 Å². The zero-order valence-electron chi connectivity index (χ0n) is 9.28. The van der Waals surface area contributed by atoms with Gasteiger partial charge in [-0.2, -0.15) is 0 Å². The standard InChI is InChI=1S/C10H17NO4/c1-5-7(2)8(9(12)14-3)6-11-10(13)15-4/h5,7-8H,1,6H2,2-4H3,(H,11,13). The van der Waals surface area contributed by atoms with Crippen LogP contribution in [0.1, 0.15) is 6.92 Å². The first-order chi connectivity index (χ1) is 7.06. The van der Waals surface area contributed by atoms with E-state index in [9.17, 15) is 9.59 Å². The van der Waals surface area contributed by atoms with Gasteiger partial charge in [-0.05, 0) is 5.92 Å². The molecule has 0 aliphatic carbocycles. The maximum absolute atomic E-state index is 11.4. The Morgan fingerprint density at radius 1 is 1.40 bits per heavy atom. The second-order valence-corrected chi connectivity index (χ2v) is 3.10. The maximum Gasteiger partial charge on any atom is 0.406 e. The maximum atomic E-state index is 11.4. The van der Waals surface area contributed by atoms with Crippen LogP contribution in [-0.4, -0.2) is 32.8 Å². The third kappa shape index (κ3) is 4.49. The lowest BCUT2D eigenvalue weighted by molar-refractivity contribution is -0.146. The highest BCUT2D eigenvalue weighted by molar-refractivity contribution is 5.74. The van der Waals surface area contributed by atoms with E-state index in [1.54, 1.807) is 6.08 Å². The van der Waals surface area contributed by atoms with E-state index >= 15 is 0 Å². The van der Waals surface area contributed by atoms with Crippen LogP contribution in [0.3, 0.4) is 0 Å². The predicted molar refractivity (Wildman–Crippen MR) is 55.3 cm³/mol. The highest BCUT2D eigenvalue weighted by Crippen LogP contribution is 2.13. The molecule has 1 N–H and O–H groups in total. The fraction of sp³-hybridized carbons (Fsp3) is 0.600. The molecule has 0 spiro atoms. The third-order valence-electron chi connectivity index (χ3n) is 2.16. The first kappa shape index (κ1) is 13.5. The van der Waals surface area contributed by atoms with Gasteiger partial charge < -0.3 is 14.8 Å². The molecule has 86 valence electrons. The number of nitrogens with one attached hydrogen (secondary N) is 1. The Morgan fingerprint density at radius 3 is 2.40 bits per heavy atom. The zero-order valence-corrected chi connectivity index (χ0v) is 9.28. The first-order valence-electron chi connectivity index (χ1n) is 4.59. The molecule has 0 aromatic rings. The van der Waals surface area contributed by atoms with E-state index in [1.807, 2.05) is 6.92 Å². The van der Waals surface area contributed by atoms with Crippen molar-refractivity contribution >= 4 is 12.1 Å². The van der Waals surface area contributed by atoms with Gasteiger partial charge in [0.1, 0.15) is 0 Å². The molecule has 5 heteroatoms. The number of methoxy groups -OCH3 is 2. The Labute approximate surface area is 89.4 Å². The monoisotopic (exact) mass is 215 g/mol. The number of rotatable bonds is 5. The SMILES string of the molecule is C=CC(C)C(CNC(=O)OC)C(=O)OC. The Kier molecular flexibility index (Phi) is 6.17. The van der Waals surface area contributed by atoms with Crippen molar-refractivity contribution in [2.24, 2.45) is 11.8 Å². The van der Waals surface area contributed by atoms with Gasteiger partial charge in [0.2, 0.25) is 0 Å². The fourth-order valence-corrected chi connectivity index (χ4v) is 1.06. The summed E-state index contributed by atoms with van der Waals surface area (Å²) in [5, 5.41) is 2.45. The number of amides is 1. The molecule has 0 radical (unpaired) electrons. The van der Waals surface area contributed by atoms with Crippen LogP contribution in [-0.2, 0) is 14.3 Å². The van der Waals surface area contributed by atoms with Crippen LogP contribution >= 0.6 is 0 Å². The van der Waals surface area contributed by atoms with E-state index in [1.165, 1.54) is 14.2 Å². The lowest BCUT2D eigenvalue weighted by Crippen LogP contribution is -2.36. The van der Waals surface area contributed by atoms with E-state index in [-0.39, 0.29) is 18.4 Å². The van der Waals surface area contributed by atoms with Crippen molar-refractivity contribution in [1.29, 1.82) is 0 Å². The average molecular weight is 215 g/mol. The largest absolute Gasteiger partial charge is 0.469 e. The number of hydrogen-bond acceptors (Lipinski definition) is 4. The van der Waals surface area contributed by atoms with E-state index < -0.39 is 12.0 Å². The van der Waals surface area contributed by atoms with E-state index in [4.69, 9.17) is 0 Å². The molecule has 2 unspecified atom stereocenters. The van der Waals surface area contributed by atoms with Crippen molar-refractivity contribution in [3.63, 3.8) is 0 Å². The lowest BCUT2D eigenvalue weighted by Gasteiger charge is -2.18. The second-order valence-electron chi connectivity index (χ2n) is 3.10. The smallest absolute Gasteiger partial charge is 0.406 e. The van der Waals surface area contributed by atoms with Crippen molar-refractivity contribution in [3.05, 3.63) is 12.7 Å². The average Bonchev–Trinajstić information content (AvgIpc) is 2.27. The zero-order chi connectivity index (χ0) is 11.8. The number of carbonyl (C=O) groups excluding carboxylic acids is 2. The van der Waals surface area contributed by atoms with E-state index in [0.29, 0.717) is 0 Å². The number of ether oxygens (including phenoxy) is 2. The minimum atomic E-state index is -0.569. The molecule has 1 amide bonds. The summed E-state index contributed by atoms with van der Waals surface area (Å²) >= 11 is 0. The molecule has 0 saturated carbocycles. The second kappa shape index (κ2) is 6.86. The Bertz CT molecular complexity index is 240. The number of allylic oxidation sites excluding steroid dienone is 1. The fourth-order valence-electron chi connectivity index (χ4n) is 1.06. The molecule has 0 heterocycles. The molecule has 0 rings (SSSR count). The van der Waals surface area contributed by atoms with E-state index in [2.05, 4.69) is 21.4 Å². The highest BCUT2D eigenvalue weighted by Gasteiger charge is 2.24. The van der Waals surface area contributed by atoms with Gasteiger partial charge in [0.05, 0.1) is 20.1 Å². The predicted octanol–water partition coefficient (Wildman–Crippen LogP) is 0.954. The van der Waals surface area contributed by atoms with Gasteiger partial charge in [-0.25, -0.2) is 4.79 Å². The normalized spacial score (nSPS) is 13.5. The molecule has 0 aliphatic heterocycles. The summed E-state index contributed by atoms with van der Waals surface area (Å²) in [7, 11) is 2.57. The molecule has 0 aliphatic rings. The van der Waals surface area contributed by atoms with Gasteiger partial charge in [0.15, 0.2) is 0 Å². The van der Waals surface area contributed by atoms with Crippen LogP contribution in [0.5, 0.6) is 0 Å². The van der Waals surface area contributed by atoms with Crippen molar-refractivity contribution < 1.29 is 19.1 Å². The van der Waals surface area contributed by atoms with Gasteiger partial charge in [0.25, 0.3) is 0 Å². The highest BCUT2D eigenvalue weighted by atomic mass is 16.5. The quantitative estimate of drug-likeness (QED) is 0.548. The molecule has 15 heavy (non-hydrogen) atoms. The topological polar surface area (TPSA) is 64.6 Å². The van der Waals surface area contributed by atoms with Crippen LogP contribution in [0.2, 0.25) is 0 Å². The molecule has 0 bridgehead atoms. The molecule has 0 fully saturated rings. The first-order valence-corrected chi connectivity index (χ1v) is 4.59. The number of hydrogen-bond donors (Lipinski definition) is 1. The Balaban J connectivity index is 4.31. The Morgan fingerprint density at radius 2 is 2.00 bits per heavy atom. The lowest BCUT2D eigenvalue weighted by atomic mass is 9.94.